The fraction of sp³-hybridized carbons (Fsp3) is 0.696. The van der Waals surface area contributed by atoms with E-state index in [9.17, 15) is 0 Å². The van der Waals surface area contributed by atoms with E-state index in [4.69, 9.17) is 9.73 Å². The smallest absolute Gasteiger partial charge is 0.191 e. The Morgan fingerprint density at radius 1 is 1.07 bits per heavy atom. The van der Waals surface area contributed by atoms with Crippen LogP contribution in [0.5, 0.6) is 0 Å². The molecule has 0 aliphatic rings. The van der Waals surface area contributed by atoms with E-state index in [2.05, 4.69) is 55.4 Å². The third-order valence-electron chi connectivity index (χ3n) is 4.81. The second-order valence-electron chi connectivity index (χ2n) is 7.22. The van der Waals surface area contributed by atoms with E-state index in [1.54, 1.807) is 0 Å². The highest BCUT2D eigenvalue weighted by Crippen LogP contribution is 2.02. The van der Waals surface area contributed by atoms with Crippen LogP contribution in [0.4, 0.5) is 0 Å². The molecule has 0 saturated carbocycles. The summed E-state index contributed by atoms with van der Waals surface area (Å²) in [5, 5.41) is 6.90. The van der Waals surface area contributed by atoms with Crippen molar-refractivity contribution in [1.29, 1.82) is 0 Å². The molecule has 2 N–H and O–H groups in total. The summed E-state index contributed by atoms with van der Waals surface area (Å²) in [7, 11) is 0. The lowest BCUT2D eigenvalue weighted by Crippen LogP contribution is -2.42. The van der Waals surface area contributed by atoms with Crippen LogP contribution >= 0.6 is 0 Å². The Bertz CT molecular complexity index is 503. The van der Waals surface area contributed by atoms with E-state index in [1.165, 1.54) is 18.5 Å². The fourth-order valence-corrected chi connectivity index (χ4v) is 3.06. The molecule has 0 fully saturated rings. The highest BCUT2D eigenvalue weighted by Gasteiger charge is 2.06. The number of nitrogens with zero attached hydrogens (tertiary/aromatic N) is 2. The van der Waals surface area contributed by atoms with Gasteiger partial charge in [0.1, 0.15) is 0 Å². The number of aliphatic imine (C=N–C) groups is 1. The van der Waals surface area contributed by atoms with Crippen LogP contribution in [-0.2, 0) is 11.3 Å². The third kappa shape index (κ3) is 12.0. The molecule has 0 heterocycles. The lowest BCUT2D eigenvalue weighted by Gasteiger charge is -2.21. The van der Waals surface area contributed by atoms with Gasteiger partial charge in [-0.05, 0) is 64.7 Å². The van der Waals surface area contributed by atoms with Crippen LogP contribution in [0.25, 0.3) is 0 Å². The maximum absolute atomic E-state index is 5.74. The zero-order valence-corrected chi connectivity index (χ0v) is 18.5. The van der Waals surface area contributed by atoms with Gasteiger partial charge in [0, 0.05) is 25.7 Å². The minimum atomic E-state index is 0.433. The monoisotopic (exact) mass is 390 g/mol. The van der Waals surface area contributed by atoms with Crippen LogP contribution in [0.1, 0.15) is 58.9 Å². The first kappa shape index (κ1) is 24.4. The maximum atomic E-state index is 5.74. The largest absolute Gasteiger partial charge is 0.377 e. The Hall–Kier alpha value is -1.59. The van der Waals surface area contributed by atoms with Gasteiger partial charge in [0.25, 0.3) is 0 Å². The first-order valence-electron chi connectivity index (χ1n) is 11.1. The molecular formula is C23H42N4O. The molecule has 1 rings (SSSR count). The van der Waals surface area contributed by atoms with Gasteiger partial charge in [0.2, 0.25) is 0 Å². The van der Waals surface area contributed by atoms with E-state index in [1.807, 2.05) is 18.2 Å². The van der Waals surface area contributed by atoms with Gasteiger partial charge in [0.15, 0.2) is 5.96 Å². The standard InChI is InChI=1S/C23H42N4O/c1-5-24-23(26-21(4)14-13-18-27(6-2)7-3)25-17-11-12-19-28-20-22-15-9-8-10-16-22/h8-10,15-16,21H,5-7,11-14,17-20H2,1-4H3,(H2,24,25,26). The first-order valence-corrected chi connectivity index (χ1v) is 11.1. The zero-order valence-electron chi connectivity index (χ0n) is 18.5. The second kappa shape index (κ2) is 16.4. The molecule has 160 valence electrons. The molecule has 0 spiro atoms. The summed E-state index contributed by atoms with van der Waals surface area (Å²) >= 11 is 0. The van der Waals surface area contributed by atoms with Gasteiger partial charge in [-0.2, -0.15) is 0 Å². The SMILES string of the molecule is CCNC(=NCCCCOCc1ccccc1)NC(C)CCCN(CC)CC. The van der Waals surface area contributed by atoms with Crippen LogP contribution in [-0.4, -0.2) is 56.2 Å². The molecule has 1 aromatic rings. The van der Waals surface area contributed by atoms with Gasteiger partial charge in [-0.1, -0.05) is 44.2 Å². The van der Waals surface area contributed by atoms with E-state index in [-0.39, 0.29) is 0 Å². The molecule has 0 amide bonds. The summed E-state index contributed by atoms with van der Waals surface area (Å²) in [5.41, 5.74) is 1.23. The van der Waals surface area contributed by atoms with Gasteiger partial charge in [-0.3, -0.25) is 4.99 Å². The summed E-state index contributed by atoms with van der Waals surface area (Å²) in [6.45, 7) is 15.5. The van der Waals surface area contributed by atoms with Crippen LogP contribution < -0.4 is 10.6 Å². The number of ether oxygens (including phenoxy) is 1. The summed E-state index contributed by atoms with van der Waals surface area (Å²) in [6.07, 6.45) is 4.46. The van der Waals surface area contributed by atoms with Crippen molar-refractivity contribution in [1.82, 2.24) is 15.5 Å². The molecule has 0 aliphatic carbocycles. The third-order valence-corrected chi connectivity index (χ3v) is 4.81. The lowest BCUT2D eigenvalue weighted by molar-refractivity contribution is 0.117. The first-order chi connectivity index (χ1) is 13.7. The summed E-state index contributed by atoms with van der Waals surface area (Å²) in [5.74, 6) is 0.933. The molecule has 0 aliphatic heterocycles. The molecule has 0 radical (unpaired) electrons. The van der Waals surface area contributed by atoms with Crippen molar-refractivity contribution < 1.29 is 4.74 Å². The van der Waals surface area contributed by atoms with Crippen molar-refractivity contribution in [3.8, 4) is 0 Å². The molecule has 0 aromatic heterocycles. The zero-order chi connectivity index (χ0) is 20.5. The molecule has 0 bridgehead atoms. The minimum absolute atomic E-state index is 0.433. The van der Waals surface area contributed by atoms with Crippen molar-refractivity contribution in [2.75, 3.05) is 39.3 Å². The highest BCUT2D eigenvalue weighted by atomic mass is 16.5. The Balaban J connectivity index is 2.17. The van der Waals surface area contributed by atoms with Gasteiger partial charge in [-0.25, -0.2) is 0 Å². The quantitative estimate of drug-likeness (QED) is 0.269. The van der Waals surface area contributed by atoms with Gasteiger partial charge >= 0.3 is 0 Å². The molecule has 1 aromatic carbocycles. The number of nitrogens with one attached hydrogen (secondary N) is 2. The molecular weight excluding hydrogens is 348 g/mol. The van der Waals surface area contributed by atoms with Gasteiger partial charge in [-0.15, -0.1) is 0 Å². The minimum Gasteiger partial charge on any atom is -0.377 e. The van der Waals surface area contributed by atoms with E-state index in [0.29, 0.717) is 12.6 Å². The van der Waals surface area contributed by atoms with Crippen molar-refractivity contribution in [3.63, 3.8) is 0 Å². The maximum Gasteiger partial charge on any atom is 0.191 e. The van der Waals surface area contributed by atoms with Crippen molar-refractivity contribution >= 4 is 5.96 Å². The summed E-state index contributed by atoms with van der Waals surface area (Å²) < 4.78 is 5.74. The second-order valence-corrected chi connectivity index (χ2v) is 7.22. The number of benzene rings is 1. The molecule has 5 heteroatoms. The predicted molar refractivity (Wildman–Crippen MR) is 121 cm³/mol. The molecule has 1 unspecified atom stereocenters. The van der Waals surface area contributed by atoms with Crippen LogP contribution in [0.15, 0.2) is 35.3 Å². The molecule has 5 nitrogen and oxygen atoms in total. The number of guanidine groups is 1. The number of unbranched alkanes of at least 4 members (excludes halogenated alkanes) is 1. The molecule has 1 atom stereocenters. The number of hydrogen-bond donors (Lipinski definition) is 2. The lowest BCUT2D eigenvalue weighted by atomic mass is 10.2. The van der Waals surface area contributed by atoms with E-state index in [0.717, 1.165) is 58.0 Å². The van der Waals surface area contributed by atoms with E-state index < -0.39 is 0 Å². The van der Waals surface area contributed by atoms with Crippen molar-refractivity contribution in [2.24, 2.45) is 4.99 Å². The topological polar surface area (TPSA) is 48.9 Å². The van der Waals surface area contributed by atoms with Gasteiger partial charge < -0.3 is 20.3 Å². The average molecular weight is 391 g/mol. The number of rotatable bonds is 15. The molecule has 0 saturated heterocycles. The number of hydrogen-bond acceptors (Lipinski definition) is 3. The predicted octanol–water partition coefficient (Wildman–Crippen LogP) is 4.05. The van der Waals surface area contributed by atoms with Crippen LogP contribution in [0.2, 0.25) is 0 Å². The Labute approximate surface area is 173 Å². The van der Waals surface area contributed by atoms with Gasteiger partial charge in [0.05, 0.1) is 6.61 Å². The summed E-state index contributed by atoms with van der Waals surface area (Å²) in [6, 6.07) is 10.8. The van der Waals surface area contributed by atoms with Crippen LogP contribution in [0.3, 0.4) is 0 Å². The average Bonchev–Trinajstić information content (AvgIpc) is 2.71. The Morgan fingerprint density at radius 2 is 1.82 bits per heavy atom. The van der Waals surface area contributed by atoms with Crippen LogP contribution in [0, 0.1) is 0 Å². The Morgan fingerprint density at radius 3 is 2.50 bits per heavy atom. The Kier molecular flexibility index (Phi) is 14.3. The van der Waals surface area contributed by atoms with Crippen molar-refractivity contribution in [3.05, 3.63) is 35.9 Å². The van der Waals surface area contributed by atoms with E-state index >= 15 is 0 Å². The molecule has 28 heavy (non-hydrogen) atoms. The normalized spacial score (nSPS) is 13.0. The fourth-order valence-electron chi connectivity index (χ4n) is 3.06. The summed E-state index contributed by atoms with van der Waals surface area (Å²) in [4.78, 5) is 7.19. The highest BCUT2D eigenvalue weighted by molar-refractivity contribution is 5.80. The van der Waals surface area contributed by atoms with Crippen molar-refractivity contribution in [2.45, 2.75) is 66.0 Å².